The smallest absolute Gasteiger partial charge is 0.230 e. The maximum Gasteiger partial charge on any atom is 0.230 e. The summed E-state index contributed by atoms with van der Waals surface area (Å²) in [6.45, 7) is 2.76. The van der Waals surface area contributed by atoms with Gasteiger partial charge in [-0.15, -0.1) is 0 Å². The van der Waals surface area contributed by atoms with Crippen LogP contribution in [-0.2, 0) is 4.79 Å². The molecule has 2 fully saturated rings. The van der Waals surface area contributed by atoms with Crippen molar-refractivity contribution >= 4 is 17.2 Å². The van der Waals surface area contributed by atoms with Crippen LogP contribution in [0.4, 0.5) is 0 Å². The van der Waals surface area contributed by atoms with Crippen LogP contribution in [0.3, 0.4) is 0 Å². The number of carbonyl (C=O) groups is 1. The van der Waals surface area contributed by atoms with Crippen LogP contribution in [0.15, 0.2) is 21.3 Å². The quantitative estimate of drug-likeness (QED) is 0.866. The van der Waals surface area contributed by atoms with Crippen molar-refractivity contribution in [2.24, 2.45) is 0 Å². The lowest BCUT2D eigenvalue weighted by molar-refractivity contribution is -0.133. The molecule has 2 aromatic rings. The third-order valence-corrected chi connectivity index (χ3v) is 5.33. The SMILES string of the molecule is C[C@@H](C(=O)N1CCC[C@H]1c1noc(C2CC2)n1)c1ccsc1. The molecule has 116 valence electrons. The molecule has 6 heteroatoms. The molecule has 1 amide bonds. The van der Waals surface area contributed by atoms with Crippen molar-refractivity contribution in [2.45, 2.75) is 50.5 Å². The summed E-state index contributed by atoms with van der Waals surface area (Å²) in [5.41, 5.74) is 1.09. The largest absolute Gasteiger partial charge is 0.339 e. The lowest BCUT2D eigenvalue weighted by Gasteiger charge is -2.25. The van der Waals surface area contributed by atoms with E-state index in [0.29, 0.717) is 11.7 Å². The highest BCUT2D eigenvalue weighted by molar-refractivity contribution is 7.08. The number of hydrogen-bond acceptors (Lipinski definition) is 5. The normalized spacial score (nSPS) is 23.0. The maximum absolute atomic E-state index is 12.8. The molecule has 0 unspecified atom stereocenters. The molecule has 1 saturated carbocycles. The second-order valence-corrected chi connectivity index (χ2v) is 7.01. The molecule has 0 aromatic carbocycles. The monoisotopic (exact) mass is 317 g/mol. The zero-order valence-corrected chi connectivity index (χ0v) is 13.4. The molecule has 0 N–H and O–H groups in total. The van der Waals surface area contributed by atoms with Gasteiger partial charge in [0.1, 0.15) is 0 Å². The molecule has 0 radical (unpaired) electrons. The van der Waals surface area contributed by atoms with Gasteiger partial charge >= 0.3 is 0 Å². The molecule has 3 heterocycles. The summed E-state index contributed by atoms with van der Waals surface area (Å²) in [6.07, 6.45) is 4.21. The van der Waals surface area contributed by atoms with Crippen molar-refractivity contribution in [2.75, 3.05) is 6.54 Å². The lowest BCUT2D eigenvalue weighted by Crippen LogP contribution is -2.34. The predicted octanol–water partition coefficient (Wildman–Crippen LogP) is 3.48. The van der Waals surface area contributed by atoms with E-state index in [1.165, 1.54) is 0 Å². The number of rotatable bonds is 4. The first-order valence-corrected chi connectivity index (χ1v) is 8.84. The van der Waals surface area contributed by atoms with E-state index >= 15 is 0 Å². The van der Waals surface area contributed by atoms with Crippen molar-refractivity contribution in [3.8, 4) is 0 Å². The van der Waals surface area contributed by atoms with Crippen LogP contribution in [0.2, 0.25) is 0 Å². The fourth-order valence-corrected chi connectivity index (χ4v) is 3.84. The first-order valence-electron chi connectivity index (χ1n) is 7.90. The van der Waals surface area contributed by atoms with Crippen molar-refractivity contribution in [3.63, 3.8) is 0 Å². The summed E-state index contributed by atoms with van der Waals surface area (Å²) in [4.78, 5) is 19.3. The number of amides is 1. The van der Waals surface area contributed by atoms with E-state index in [1.54, 1.807) is 11.3 Å². The van der Waals surface area contributed by atoms with Crippen LogP contribution >= 0.6 is 11.3 Å². The Balaban J connectivity index is 1.53. The van der Waals surface area contributed by atoms with Crippen LogP contribution in [0.1, 0.15) is 67.8 Å². The number of aromatic nitrogens is 2. The summed E-state index contributed by atoms with van der Waals surface area (Å²) >= 11 is 1.63. The maximum atomic E-state index is 12.8. The van der Waals surface area contributed by atoms with Gasteiger partial charge in [-0.1, -0.05) is 5.16 Å². The first kappa shape index (κ1) is 13.9. The average Bonchev–Trinajstić information content (AvgIpc) is 3.02. The molecular formula is C16H19N3O2S. The number of likely N-dealkylation sites (tertiary alicyclic amines) is 1. The molecule has 1 saturated heterocycles. The Bertz CT molecular complexity index is 663. The summed E-state index contributed by atoms with van der Waals surface area (Å²) < 4.78 is 5.36. The minimum absolute atomic E-state index is 0.0233. The van der Waals surface area contributed by atoms with Gasteiger partial charge in [-0.05, 0) is 55.0 Å². The van der Waals surface area contributed by atoms with Crippen molar-refractivity contribution < 1.29 is 9.32 Å². The molecule has 2 atom stereocenters. The number of carbonyl (C=O) groups excluding carboxylic acids is 1. The highest BCUT2D eigenvalue weighted by Gasteiger charge is 2.37. The van der Waals surface area contributed by atoms with Gasteiger partial charge in [0, 0.05) is 12.5 Å². The van der Waals surface area contributed by atoms with Crippen LogP contribution in [-0.4, -0.2) is 27.5 Å². The molecule has 4 rings (SSSR count). The molecular weight excluding hydrogens is 298 g/mol. The van der Waals surface area contributed by atoms with Gasteiger partial charge in [0.2, 0.25) is 11.8 Å². The van der Waals surface area contributed by atoms with Gasteiger partial charge < -0.3 is 9.42 Å². The first-order chi connectivity index (χ1) is 10.7. The zero-order chi connectivity index (χ0) is 15.1. The zero-order valence-electron chi connectivity index (χ0n) is 12.6. The van der Waals surface area contributed by atoms with Crippen molar-refractivity contribution in [1.29, 1.82) is 0 Å². The second kappa shape index (κ2) is 5.50. The topological polar surface area (TPSA) is 59.2 Å². The van der Waals surface area contributed by atoms with Crippen LogP contribution in [0.5, 0.6) is 0 Å². The number of thiophene rings is 1. The fraction of sp³-hybridized carbons (Fsp3) is 0.562. The highest BCUT2D eigenvalue weighted by Crippen LogP contribution is 2.40. The standard InChI is InChI=1S/C16H19N3O2S/c1-10(12-6-8-22-9-12)16(20)19-7-2-3-13(19)14-17-15(21-18-14)11-4-5-11/h6,8-11,13H,2-5,7H2,1H3/t10-,13+/m1/s1. The minimum Gasteiger partial charge on any atom is -0.339 e. The van der Waals surface area contributed by atoms with Gasteiger partial charge in [-0.3, -0.25) is 4.79 Å². The predicted molar refractivity (Wildman–Crippen MR) is 82.7 cm³/mol. The summed E-state index contributed by atoms with van der Waals surface area (Å²) in [7, 11) is 0. The molecule has 5 nitrogen and oxygen atoms in total. The molecule has 22 heavy (non-hydrogen) atoms. The van der Waals surface area contributed by atoms with Gasteiger partial charge in [0.25, 0.3) is 0 Å². The Morgan fingerprint density at radius 2 is 2.32 bits per heavy atom. The highest BCUT2D eigenvalue weighted by atomic mass is 32.1. The Labute approximate surface area is 133 Å². The molecule has 0 bridgehead atoms. The van der Waals surface area contributed by atoms with Crippen LogP contribution in [0, 0.1) is 0 Å². The van der Waals surface area contributed by atoms with E-state index in [0.717, 1.165) is 43.7 Å². The molecule has 0 spiro atoms. The van der Waals surface area contributed by atoms with E-state index in [1.807, 2.05) is 28.7 Å². The Kier molecular flexibility index (Phi) is 3.48. The van der Waals surface area contributed by atoms with E-state index in [4.69, 9.17) is 4.52 Å². The third-order valence-electron chi connectivity index (χ3n) is 4.63. The Morgan fingerprint density at radius 3 is 3.05 bits per heavy atom. The van der Waals surface area contributed by atoms with E-state index in [2.05, 4.69) is 10.1 Å². The minimum atomic E-state index is -0.110. The van der Waals surface area contributed by atoms with Gasteiger partial charge in [0.05, 0.1) is 12.0 Å². The van der Waals surface area contributed by atoms with Crippen LogP contribution < -0.4 is 0 Å². The van der Waals surface area contributed by atoms with Gasteiger partial charge in [0.15, 0.2) is 5.82 Å². The number of nitrogens with zero attached hydrogens (tertiary/aromatic N) is 3. The summed E-state index contributed by atoms with van der Waals surface area (Å²) in [5, 5.41) is 8.20. The molecule has 1 aliphatic carbocycles. The molecule has 1 aliphatic heterocycles. The Morgan fingerprint density at radius 1 is 1.45 bits per heavy atom. The molecule has 2 aromatic heterocycles. The van der Waals surface area contributed by atoms with Gasteiger partial charge in [-0.2, -0.15) is 16.3 Å². The summed E-state index contributed by atoms with van der Waals surface area (Å²) in [6, 6.07) is 2.00. The summed E-state index contributed by atoms with van der Waals surface area (Å²) in [5.74, 6) is 1.95. The van der Waals surface area contributed by atoms with Crippen molar-refractivity contribution in [3.05, 3.63) is 34.1 Å². The Hall–Kier alpha value is -1.69. The van der Waals surface area contributed by atoms with Crippen molar-refractivity contribution in [1.82, 2.24) is 15.0 Å². The lowest BCUT2D eigenvalue weighted by atomic mass is 10.0. The van der Waals surface area contributed by atoms with E-state index < -0.39 is 0 Å². The van der Waals surface area contributed by atoms with Crippen LogP contribution in [0.25, 0.3) is 0 Å². The third kappa shape index (κ3) is 2.45. The molecule has 2 aliphatic rings. The van der Waals surface area contributed by atoms with Gasteiger partial charge in [-0.25, -0.2) is 0 Å². The fourth-order valence-electron chi connectivity index (χ4n) is 3.09. The average molecular weight is 317 g/mol. The van der Waals surface area contributed by atoms with E-state index in [-0.39, 0.29) is 17.9 Å². The van der Waals surface area contributed by atoms with E-state index in [9.17, 15) is 4.79 Å². The number of hydrogen-bond donors (Lipinski definition) is 0. The second-order valence-electron chi connectivity index (χ2n) is 6.23.